The van der Waals surface area contributed by atoms with E-state index in [4.69, 9.17) is 4.74 Å². The molecule has 0 spiro atoms. The molecular weight excluding hydrogens is 398 g/mol. The van der Waals surface area contributed by atoms with Gasteiger partial charge in [0, 0.05) is 21.8 Å². The number of para-hydroxylation sites is 1. The first-order valence-corrected chi connectivity index (χ1v) is 8.63. The molecule has 6 nitrogen and oxygen atoms in total. The summed E-state index contributed by atoms with van der Waals surface area (Å²) < 4.78 is 7.31. The van der Waals surface area contributed by atoms with Crippen LogP contribution in [0.25, 0.3) is 11.3 Å². The molecule has 3 rings (SSSR count). The number of rotatable bonds is 5. The summed E-state index contributed by atoms with van der Waals surface area (Å²) >= 11 is 3.35. The van der Waals surface area contributed by atoms with E-state index in [1.54, 1.807) is 25.3 Å². The van der Waals surface area contributed by atoms with E-state index in [0.29, 0.717) is 17.1 Å². The minimum Gasteiger partial charge on any atom is -0.496 e. The van der Waals surface area contributed by atoms with Gasteiger partial charge in [-0.25, -0.2) is 4.68 Å². The van der Waals surface area contributed by atoms with Gasteiger partial charge in [-0.05, 0) is 36.4 Å². The summed E-state index contributed by atoms with van der Waals surface area (Å²) in [6, 6.07) is 17.6. The van der Waals surface area contributed by atoms with E-state index >= 15 is 0 Å². The quantitative estimate of drug-likeness (QED) is 0.695. The smallest absolute Gasteiger partial charge is 0.267 e. The van der Waals surface area contributed by atoms with E-state index in [1.807, 2.05) is 36.4 Å². The molecule has 2 aromatic carbocycles. The van der Waals surface area contributed by atoms with Crippen molar-refractivity contribution >= 4 is 27.5 Å². The Bertz CT molecular complexity index is 1000. The molecule has 1 N–H and O–H groups in total. The van der Waals surface area contributed by atoms with E-state index in [2.05, 4.69) is 26.3 Å². The largest absolute Gasteiger partial charge is 0.496 e. The molecule has 0 saturated heterocycles. The van der Waals surface area contributed by atoms with Crippen molar-refractivity contribution in [1.29, 1.82) is 0 Å². The van der Waals surface area contributed by atoms with Gasteiger partial charge in [0.15, 0.2) is 0 Å². The summed E-state index contributed by atoms with van der Waals surface area (Å²) in [7, 11) is 1.57. The number of hydrogen-bond acceptors (Lipinski definition) is 4. The van der Waals surface area contributed by atoms with Gasteiger partial charge in [0.05, 0.1) is 12.8 Å². The molecule has 3 aromatic rings. The molecule has 0 aliphatic rings. The number of aromatic nitrogens is 2. The van der Waals surface area contributed by atoms with Crippen LogP contribution in [0.2, 0.25) is 0 Å². The highest BCUT2D eigenvalue weighted by molar-refractivity contribution is 9.10. The number of halogens is 1. The number of anilines is 1. The number of amides is 1. The first-order valence-electron chi connectivity index (χ1n) is 7.84. The van der Waals surface area contributed by atoms with Gasteiger partial charge in [-0.15, -0.1) is 0 Å². The van der Waals surface area contributed by atoms with Crippen molar-refractivity contribution in [1.82, 2.24) is 9.78 Å². The molecular formula is C19H16BrN3O3. The van der Waals surface area contributed by atoms with Gasteiger partial charge in [-0.1, -0.05) is 34.1 Å². The molecule has 0 unspecified atom stereocenters. The summed E-state index contributed by atoms with van der Waals surface area (Å²) in [6.07, 6.45) is 0. The van der Waals surface area contributed by atoms with Crippen LogP contribution in [0.1, 0.15) is 0 Å². The Morgan fingerprint density at radius 3 is 2.73 bits per heavy atom. The van der Waals surface area contributed by atoms with Crippen molar-refractivity contribution < 1.29 is 9.53 Å². The van der Waals surface area contributed by atoms with Gasteiger partial charge in [0.2, 0.25) is 5.91 Å². The summed E-state index contributed by atoms with van der Waals surface area (Å²) in [5.74, 6) is 0.304. The number of hydrogen-bond donors (Lipinski definition) is 1. The number of ether oxygens (including phenoxy) is 1. The molecule has 0 atom stereocenters. The second kappa shape index (κ2) is 7.97. The lowest BCUT2D eigenvalue weighted by atomic mass is 10.1. The third kappa shape index (κ3) is 4.18. The lowest BCUT2D eigenvalue weighted by Crippen LogP contribution is -2.29. The number of carbonyl (C=O) groups excluding carboxylic acids is 1. The highest BCUT2D eigenvalue weighted by Gasteiger charge is 2.11. The van der Waals surface area contributed by atoms with E-state index in [-0.39, 0.29) is 18.0 Å². The van der Waals surface area contributed by atoms with E-state index in [9.17, 15) is 9.59 Å². The first kappa shape index (κ1) is 17.9. The van der Waals surface area contributed by atoms with Crippen LogP contribution < -0.4 is 15.6 Å². The zero-order chi connectivity index (χ0) is 18.5. The van der Waals surface area contributed by atoms with Crippen LogP contribution in [-0.4, -0.2) is 22.8 Å². The average molecular weight is 414 g/mol. The fraction of sp³-hybridized carbons (Fsp3) is 0.105. The van der Waals surface area contributed by atoms with Crippen LogP contribution >= 0.6 is 15.9 Å². The van der Waals surface area contributed by atoms with Gasteiger partial charge in [-0.2, -0.15) is 5.10 Å². The van der Waals surface area contributed by atoms with E-state index in [1.165, 1.54) is 6.07 Å². The Morgan fingerprint density at radius 1 is 1.15 bits per heavy atom. The van der Waals surface area contributed by atoms with Crippen molar-refractivity contribution in [2.75, 3.05) is 12.4 Å². The zero-order valence-corrected chi connectivity index (χ0v) is 15.6. The van der Waals surface area contributed by atoms with Crippen LogP contribution in [0.5, 0.6) is 5.75 Å². The van der Waals surface area contributed by atoms with Crippen LogP contribution in [0.4, 0.5) is 5.69 Å². The maximum atomic E-state index is 12.3. The Morgan fingerprint density at radius 2 is 1.96 bits per heavy atom. The van der Waals surface area contributed by atoms with Crippen LogP contribution in [0, 0.1) is 0 Å². The van der Waals surface area contributed by atoms with Crippen molar-refractivity contribution in [3.05, 3.63) is 75.5 Å². The average Bonchev–Trinajstić information content (AvgIpc) is 2.63. The number of carbonyl (C=O) groups is 1. The maximum Gasteiger partial charge on any atom is 0.267 e. The fourth-order valence-electron chi connectivity index (χ4n) is 2.46. The van der Waals surface area contributed by atoms with Crippen LogP contribution in [-0.2, 0) is 11.3 Å². The van der Waals surface area contributed by atoms with Gasteiger partial charge >= 0.3 is 0 Å². The molecule has 0 fully saturated rings. The summed E-state index contributed by atoms with van der Waals surface area (Å²) in [6.45, 7) is -0.186. The normalized spacial score (nSPS) is 10.4. The van der Waals surface area contributed by atoms with Crippen molar-refractivity contribution in [3.8, 4) is 17.0 Å². The topological polar surface area (TPSA) is 73.2 Å². The molecule has 132 valence electrons. The minimum atomic E-state index is -0.354. The first-order chi connectivity index (χ1) is 12.6. The number of benzene rings is 2. The lowest BCUT2D eigenvalue weighted by molar-refractivity contribution is -0.117. The molecule has 0 aliphatic heterocycles. The summed E-state index contributed by atoms with van der Waals surface area (Å²) in [4.78, 5) is 24.3. The Labute approximate surface area is 158 Å². The lowest BCUT2D eigenvalue weighted by Gasteiger charge is -2.10. The van der Waals surface area contributed by atoms with Crippen molar-refractivity contribution in [2.45, 2.75) is 6.54 Å². The highest BCUT2D eigenvalue weighted by atomic mass is 79.9. The number of nitrogens with zero attached hydrogens (tertiary/aromatic N) is 2. The molecule has 0 saturated carbocycles. The highest BCUT2D eigenvalue weighted by Crippen LogP contribution is 2.27. The standard InChI is InChI=1S/C19H16BrN3O3/c1-26-17-8-3-2-7-15(17)16-9-10-19(25)23(22-16)12-18(24)21-14-6-4-5-13(20)11-14/h2-11H,12H2,1H3,(H,21,24). The molecule has 1 amide bonds. The molecule has 26 heavy (non-hydrogen) atoms. The molecule has 0 radical (unpaired) electrons. The molecule has 0 aliphatic carbocycles. The summed E-state index contributed by atoms with van der Waals surface area (Å²) in [5.41, 5.74) is 1.58. The molecule has 1 aromatic heterocycles. The predicted octanol–water partition coefficient (Wildman–Crippen LogP) is 3.32. The maximum absolute atomic E-state index is 12.3. The SMILES string of the molecule is COc1ccccc1-c1ccc(=O)n(CC(=O)Nc2cccc(Br)c2)n1. The van der Waals surface area contributed by atoms with Gasteiger partial charge < -0.3 is 10.1 Å². The van der Waals surface area contributed by atoms with Crippen LogP contribution in [0.15, 0.2) is 69.9 Å². The van der Waals surface area contributed by atoms with Crippen LogP contribution in [0.3, 0.4) is 0 Å². The third-order valence-electron chi connectivity index (χ3n) is 3.65. The van der Waals surface area contributed by atoms with Gasteiger partial charge in [0.25, 0.3) is 5.56 Å². The fourth-order valence-corrected chi connectivity index (χ4v) is 2.86. The van der Waals surface area contributed by atoms with Crippen molar-refractivity contribution in [2.24, 2.45) is 0 Å². The van der Waals surface area contributed by atoms with Crippen molar-refractivity contribution in [3.63, 3.8) is 0 Å². The molecule has 0 bridgehead atoms. The van der Waals surface area contributed by atoms with E-state index in [0.717, 1.165) is 14.7 Å². The Kier molecular flexibility index (Phi) is 5.48. The second-order valence-electron chi connectivity index (χ2n) is 5.47. The Balaban J connectivity index is 1.84. The zero-order valence-electron chi connectivity index (χ0n) is 14.0. The minimum absolute atomic E-state index is 0.186. The third-order valence-corrected chi connectivity index (χ3v) is 4.14. The predicted molar refractivity (Wildman–Crippen MR) is 103 cm³/mol. The monoisotopic (exact) mass is 413 g/mol. The molecule has 1 heterocycles. The second-order valence-corrected chi connectivity index (χ2v) is 6.39. The number of methoxy groups -OCH3 is 1. The van der Waals surface area contributed by atoms with E-state index < -0.39 is 0 Å². The van der Waals surface area contributed by atoms with Gasteiger partial charge in [-0.3, -0.25) is 9.59 Å². The van der Waals surface area contributed by atoms with Gasteiger partial charge in [0.1, 0.15) is 12.3 Å². The molecule has 7 heteroatoms. The summed E-state index contributed by atoms with van der Waals surface area (Å²) in [5, 5.41) is 7.05. The Hall–Kier alpha value is -2.93. The number of nitrogens with one attached hydrogen (secondary N) is 1.